The summed E-state index contributed by atoms with van der Waals surface area (Å²) >= 11 is 0. The molecule has 3 aromatic rings. The fourth-order valence-corrected chi connectivity index (χ4v) is 4.20. The van der Waals surface area contributed by atoms with Crippen LogP contribution in [-0.2, 0) is 6.11 Å². The molecule has 2 nitrogen and oxygen atoms in total. The number of alkyl halides is 2. The first-order chi connectivity index (χ1) is 16.0. The second-order valence-corrected chi connectivity index (χ2v) is 8.57. The Kier molecular flexibility index (Phi) is 10.0. The standard InChI is InChI=1S/C25H20F7NO.CH3.Na/c1-13-2-4-14(5-3-13)15-6-7-22(33-12-15)16-8-18(26)23(19(27)9-16)25(31,32)34-17-10-20(28)24(30)21(29)11-17;;/h6-14H,2-5H2,1H3;1H3;/q;-1;+1. The predicted octanol–water partition coefficient (Wildman–Crippen LogP) is 5.32. The summed E-state index contributed by atoms with van der Waals surface area (Å²) in [6.45, 7) is 2.20. The molecule has 2 aromatic carbocycles. The van der Waals surface area contributed by atoms with Crippen LogP contribution in [0.1, 0.15) is 49.7 Å². The van der Waals surface area contributed by atoms with E-state index in [-0.39, 0.29) is 60.4 Å². The van der Waals surface area contributed by atoms with Crippen LogP contribution in [0.3, 0.4) is 0 Å². The molecule has 1 aromatic heterocycles. The van der Waals surface area contributed by atoms with E-state index in [1.807, 2.05) is 6.07 Å². The Morgan fingerprint density at radius 1 is 0.833 bits per heavy atom. The van der Waals surface area contributed by atoms with Gasteiger partial charge in [0.1, 0.15) is 22.9 Å². The van der Waals surface area contributed by atoms with E-state index >= 15 is 0 Å². The van der Waals surface area contributed by atoms with Crippen molar-refractivity contribution in [3.8, 4) is 17.0 Å². The van der Waals surface area contributed by atoms with Crippen LogP contribution in [0, 0.1) is 42.4 Å². The first-order valence-corrected chi connectivity index (χ1v) is 10.7. The van der Waals surface area contributed by atoms with Gasteiger partial charge in [0, 0.05) is 23.9 Å². The maximum Gasteiger partial charge on any atom is 1.00 e. The molecule has 4 rings (SSSR count). The molecule has 0 aliphatic heterocycles. The molecule has 0 unspecified atom stereocenters. The van der Waals surface area contributed by atoms with Gasteiger partial charge in [0.05, 0.1) is 5.69 Å². The third-order valence-corrected chi connectivity index (χ3v) is 6.11. The van der Waals surface area contributed by atoms with E-state index in [0.717, 1.165) is 31.2 Å². The van der Waals surface area contributed by atoms with Gasteiger partial charge in [-0.05, 0) is 48.4 Å². The molecule has 188 valence electrons. The summed E-state index contributed by atoms with van der Waals surface area (Å²) in [5.74, 6) is -8.88. The molecule has 36 heavy (non-hydrogen) atoms. The van der Waals surface area contributed by atoms with Crippen LogP contribution in [-0.4, -0.2) is 4.98 Å². The molecule has 0 bridgehead atoms. The van der Waals surface area contributed by atoms with Gasteiger partial charge in [-0.3, -0.25) is 4.98 Å². The van der Waals surface area contributed by atoms with Crippen molar-refractivity contribution in [1.82, 2.24) is 4.98 Å². The third-order valence-electron chi connectivity index (χ3n) is 6.11. The number of aromatic nitrogens is 1. The van der Waals surface area contributed by atoms with Crippen molar-refractivity contribution < 1.29 is 65.0 Å². The van der Waals surface area contributed by atoms with E-state index in [2.05, 4.69) is 16.6 Å². The molecule has 10 heteroatoms. The van der Waals surface area contributed by atoms with Crippen LogP contribution < -0.4 is 34.3 Å². The van der Waals surface area contributed by atoms with E-state index in [4.69, 9.17) is 0 Å². The van der Waals surface area contributed by atoms with E-state index in [9.17, 15) is 30.7 Å². The molecule has 0 atom stereocenters. The minimum Gasteiger partial charge on any atom is -0.429 e. The van der Waals surface area contributed by atoms with Gasteiger partial charge < -0.3 is 12.2 Å². The SMILES string of the molecule is CC1CCC(c2ccc(-c3cc(F)c(C(F)(F)Oc4cc(F)c(F)c(F)c4)c(F)c3)nc2)CC1.[CH3-].[Na+]. The number of pyridine rings is 1. The third kappa shape index (κ3) is 6.42. The maximum absolute atomic E-state index is 14.6. The number of benzene rings is 2. The Balaban J connectivity index is 0.00000228. The van der Waals surface area contributed by atoms with Gasteiger partial charge in [-0.15, -0.1) is 0 Å². The van der Waals surface area contributed by atoms with E-state index in [1.165, 1.54) is 0 Å². The summed E-state index contributed by atoms with van der Waals surface area (Å²) in [5.41, 5.74) is -0.636. The Morgan fingerprint density at radius 2 is 1.39 bits per heavy atom. The molecular formula is C26H23F7NNaO. The van der Waals surface area contributed by atoms with Gasteiger partial charge in [0.15, 0.2) is 17.5 Å². The molecule has 0 radical (unpaired) electrons. The van der Waals surface area contributed by atoms with Crippen LogP contribution in [0.25, 0.3) is 11.3 Å². The van der Waals surface area contributed by atoms with Crippen molar-refractivity contribution in [2.24, 2.45) is 5.92 Å². The van der Waals surface area contributed by atoms with Crippen molar-refractivity contribution >= 4 is 0 Å². The Hall–Kier alpha value is -2.10. The zero-order valence-electron chi connectivity index (χ0n) is 20.0. The first-order valence-electron chi connectivity index (χ1n) is 10.7. The van der Waals surface area contributed by atoms with Crippen LogP contribution in [0.15, 0.2) is 42.6 Å². The van der Waals surface area contributed by atoms with Gasteiger partial charge in [-0.2, -0.15) is 8.78 Å². The number of rotatable bonds is 5. The maximum atomic E-state index is 14.6. The van der Waals surface area contributed by atoms with Crippen molar-refractivity contribution in [2.75, 3.05) is 0 Å². The van der Waals surface area contributed by atoms with Crippen LogP contribution in [0.5, 0.6) is 5.75 Å². The number of hydrogen-bond donors (Lipinski definition) is 0. The zero-order valence-corrected chi connectivity index (χ0v) is 22.0. The molecule has 0 N–H and O–H groups in total. The van der Waals surface area contributed by atoms with Gasteiger partial charge in [0.2, 0.25) is 0 Å². The molecule has 0 amide bonds. The van der Waals surface area contributed by atoms with E-state index in [1.54, 1.807) is 12.3 Å². The summed E-state index contributed by atoms with van der Waals surface area (Å²) in [4.78, 5) is 4.24. The van der Waals surface area contributed by atoms with Crippen molar-refractivity contribution in [3.05, 3.63) is 90.2 Å². The molecule has 0 spiro atoms. The molecule has 1 saturated carbocycles. The summed E-state index contributed by atoms with van der Waals surface area (Å²) < 4.78 is 102. The largest absolute Gasteiger partial charge is 1.00 e. The second kappa shape index (κ2) is 12.0. The van der Waals surface area contributed by atoms with Crippen molar-refractivity contribution in [1.29, 1.82) is 0 Å². The Morgan fingerprint density at radius 3 is 1.89 bits per heavy atom. The molecule has 1 fully saturated rings. The minimum atomic E-state index is -4.64. The molecule has 1 aliphatic carbocycles. The smallest absolute Gasteiger partial charge is 0.429 e. The topological polar surface area (TPSA) is 22.1 Å². The van der Waals surface area contributed by atoms with Crippen molar-refractivity contribution in [2.45, 2.75) is 44.6 Å². The molecule has 1 heterocycles. The van der Waals surface area contributed by atoms with Crippen LogP contribution in [0.4, 0.5) is 30.7 Å². The van der Waals surface area contributed by atoms with Gasteiger partial charge in [0.25, 0.3) is 0 Å². The fourth-order valence-electron chi connectivity index (χ4n) is 4.20. The average Bonchev–Trinajstić information content (AvgIpc) is 2.77. The number of hydrogen-bond acceptors (Lipinski definition) is 2. The van der Waals surface area contributed by atoms with E-state index < -0.39 is 46.5 Å². The summed E-state index contributed by atoms with van der Waals surface area (Å²) in [5, 5.41) is 0. The number of nitrogens with zero attached hydrogens (tertiary/aromatic N) is 1. The summed E-state index contributed by atoms with van der Waals surface area (Å²) in [6, 6.07) is 5.02. The second-order valence-electron chi connectivity index (χ2n) is 8.57. The molecule has 1 aliphatic rings. The van der Waals surface area contributed by atoms with Crippen LogP contribution in [0.2, 0.25) is 0 Å². The predicted molar refractivity (Wildman–Crippen MR) is 117 cm³/mol. The fraction of sp³-hybridized carbons (Fsp3) is 0.308. The summed E-state index contributed by atoms with van der Waals surface area (Å²) in [6.07, 6.45) is 1.25. The summed E-state index contributed by atoms with van der Waals surface area (Å²) in [7, 11) is 0. The number of halogens is 7. The average molecular weight is 521 g/mol. The Labute approximate surface area is 227 Å². The van der Waals surface area contributed by atoms with Crippen molar-refractivity contribution in [3.63, 3.8) is 0 Å². The van der Waals surface area contributed by atoms with Gasteiger partial charge >= 0.3 is 35.7 Å². The zero-order chi connectivity index (χ0) is 24.6. The van der Waals surface area contributed by atoms with Gasteiger partial charge in [-0.1, -0.05) is 25.8 Å². The quantitative estimate of drug-likeness (QED) is 0.196. The van der Waals surface area contributed by atoms with E-state index in [0.29, 0.717) is 24.0 Å². The Bertz CT molecular complexity index is 1150. The number of ether oxygens (including phenoxy) is 1. The minimum absolute atomic E-state index is 0. The van der Waals surface area contributed by atoms with Crippen LogP contribution >= 0.6 is 0 Å². The monoisotopic (exact) mass is 521 g/mol. The molecular weight excluding hydrogens is 498 g/mol. The first kappa shape index (κ1) is 30.1. The molecule has 0 saturated heterocycles. The van der Waals surface area contributed by atoms with Gasteiger partial charge in [-0.25, -0.2) is 22.0 Å². The normalized spacial score (nSPS) is 17.7.